The van der Waals surface area contributed by atoms with Gasteiger partial charge in [-0.15, -0.1) is 0 Å². The molecule has 5 nitrogen and oxygen atoms in total. The van der Waals surface area contributed by atoms with Crippen molar-refractivity contribution in [2.45, 2.75) is 0 Å². The maximum absolute atomic E-state index is 12.1. The molecule has 0 saturated carbocycles. The van der Waals surface area contributed by atoms with E-state index < -0.39 is 5.91 Å². The Kier molecular flexibility index (Phi) is 4.19. The second kappa shape index (κ2) is 5.86. The molecule has 1 aromatic heterocycles. The monoisotopic (exact) mass is 297 g/mol. The normalized spacial score (nSPS) is 10.1. The molecule has 0 aliphatic heterocycles. The zero-order valence-electron chi connectivity index (χ0n) is 9.85. The molecule has 1 heterocycles. The van der Waals surface area contributed by atoms with Gasteiger partial charge in [0.05, 0.1) is 12.7 Å². The Hall–Kier alpha value is -1.85. The molecule has 7 heteroatoms. The maximum Gasteiger partial charge on any atom is 0.259 e. The number of rotatable bonds is 3. The maximum atomic E-state index is 12.1. The SMILES string of the molecule is COc1ccccc1C(=O)Nc1c(Cl)ncnc1Cl. The quantitative estimate of drug-likeness (QED) is 0.885. The van der Waals surface area contributed by atoms with E-state index in [1.165, 1.54) is 13.4 Å². The Labute approximate surface area is 119 Å². The van der Waals surface area contributed by atoms with Crippen molar-refractivity contribution in [2.75, 3.05) is 12.4 Å². The number of nitrogens with zero attached hydrogens (tertiary/aromatic N) is 2. The molecule has 0 fully saturated rings. The molecule has 0 aliphatic carbocycles. The van der Waals surface area contributed by atoms with E-state index in [1.807, 2.05) is 0 Å². The van der Waals surface area contributed by atoms with Crippen molar-refractivity contribution in [3.05, 3.63) is 46.5 Å². The number of para-hydroxylation sites is 1. The highest BCUT2D eigenvalue weighted by molar-refractivity contribution is 6.38. The highest BCUT2D eigenvalue weighted by atomic mass is 35.5. The zero-order valence-corrected chi connectivity index (χ0v) is 11.4. The number of anilines is 1. The fourth-order valence-electron chi connectivity index (χ4n) is 1.46. The molecule has 19 heavy (non-hydrogen) atoms. The number of methoxy groups -OCH3 is 1. The van der Waals surface area contributed by atoms with Gasteiger partial charge in [-0.25, -0.2) is 9.97 Å². The third-order valence-corrected chi connectivity index (χ3v) is 2.92. The Balaban J connectivity index is 2.31. The molecule has 0 bridgehead atoms. The van der Waals surface area contributed by atoms with E-state index in [0.717, 1.165) is 0 Å². The molecular weight excluding hydrogens is 289 g/mol. The Morgan fingerprint density at radius 3 is 2.47 bits per heavy atom. The lowest BCUT2D eigenvalue weighted by Crippen LogP contribution is -2.14. The van der Waals surface area contributed by atoms with Gasteiger partial charge in [0, 0.05) is 0 Å². The molecule has 98 valence electrons. The number of nitrogens with one attached hydrogen (secondary N) is 1. The van der Waals surface area contributed by atoms with Crippen LogP contribution in [0.1, 0.15) is 10.4 Å². The second-order valence-corrected chi connectivity index (χ2v) is 4.20. The standard InChI is InChI=1S/C12H9Cl2N3O2/c1-19-8-5-3-2-4-7(8)12(18)17-9-10(13)15-6-16-11(9)14/h2-6H,1H3,(H,17,18). The molecule has 0 atom stereocenters. The van der Waals surface area contributed by atoms with Gasteiger partial charge in [-0.3, -0.25) is 4.79 Å². The summed E-state index contributed by atoms with van der Waals surface area (Å²) >= 11 is 11.7. The largest absolute Gasteiger partial charge is 0.496 e. The molecule has 0 saturated heterocycles. The van der Waals surface area contributed by atoms with Gasteiger partial charge in [-0.05, 0) is 12.1 Å². The number of hydrogen-bond donors (Lipinski definition) is 1. The summed E-state index contributed by atoms with van der Waals surface area (Å²) in [6.07, 6.45) is 1.21. The Morgan fingerprint density at radius 1 is 1.21 bits per heavy atom. The summed E-state index contributed by atoms with van der Waals surface area (Å²) < 4.78 is 5.11. The molecule has 0 spiro atoms. The first-order chi connectivity index (χ1) is 9.13. The number of hydrogen-bond acceptors (Lipinski definition) is 4. The summed E-state index contributed by atoms with van der Waals surface area (Å²) in [5.74, 6) is 0.0418. The number of halogens is 2. The van der Waals surface area contributed by atoms with Gasteiger partial charge >= 0.3 is 0 Å². The van der Waals surface area contributed by atoms with Gasteiger partial charge in [0.15, 0.2) is 10.3 Å². The molecule has 1 N–H and O–H groups in total. The van der Waals surface area contributed by atoms with Crippen LogP contribution in [-0.4, -0.2) is 23.0 Å². The van der Waals surface area contributed by atoms with Crippen LogP contribution < -0.4 is 10.1 Å². The van der Waals surface area contributed by atoms with Gasteiger partial charge in [-0.2, -0.15) is 0 Å². The smallest absolute Gasteiger partial charge is 0.259 e. The van der Waals surface area contributed by atoms with E-state index in [1.54, 1.807) is 24.3 Å². The van der Waals surface area contributed by atoms with Crippen LogP contribution in [0.3, 0.4) is 0 Å². The predicted molar refractivity (Wildman–Crippen MR) is 73.0 cm³/mol. The van der Waals surface area contributed by atoms with Crippen molar-refractivity contribution in [2.24, 2.45) is 0 Å². The predicted octanol–water partition coefficient (Wildman–Crippen LogP) is 3.04. The van der Waals surface area contributed by atoms with Crippen LogP contribution in [0.2, 0.25) is 10.3 Å². The minimum absolute atomic E-state index is 0.0725. The van der Waals surface area contributed by atoms with Crippen LogP contribution in [-0.2, 0) is 0 Å². The van der Waals surface area contributed by atoms with Gasteiger partial charge in [0.2, 0.25) is 0 Å². The first kappa shape index (κ1) is 13.6. The lowest BCUT2D eigenvalue weighted by Gasteiger charge is -2.10. The van der Waals surface area contributed by atoms with Crippen LogP contribution >= 0.6 is 23.2 Å². The van der Waals surface area contributed by atoms with Crippen molar-refractivity contribution < 1.29 is 9.53 Å². The average molecular weight is 298 g/mol. The third kappa shape index (κ3) is 2.94. The minimum Gasteiger partial charge on any atom is -0.496 e. The number of ether oxygens (including phenoxy) is 1. The summed E-state index contributed by atoms with van der Waals surface area (Å²) in [6, 6.07) is 6.79. The first-order valence-corrected chi connectivity index (χ1v) is 5.99. The number of carbonyl (C=O) groups is 1. The first-order valence-electron chi connectivity index (χ1n) is 5.24. The lowest BCUT2D eigenvalue weighted by molar-refractivity contribution is 0.102. The topological polar surface area (TPSA) is 64.1 Å². The van der Waals surface area contributed by atoms with E-state index in [4.69, 9.17) is 27.9 Å². The molecule has 0 unspecified atom stereocenters. The average Bonchev–Trinajstić information content (AvgIpc) is 2.42. The fourth-order valence-corrected chi connectivity index (χ4v) is 1.87. The number of carbonyl (C=O) groups excluding carboxylic acids is 1. The van der Waals surface area contributed by atoms with E-state index >= 15 is 0 Å². The van der Waals surface area contributed by atoms with Gasteiger partial charge < -0.3 is 10.1 Å². The van der Waals surface area contributed by atoms with Crippen LogP contribution in [0, 0.1) is 0 Å². The highest BCUT2D eigenvalue weighted by Crippen LogP contribution is 2.27. The molecule has 0 aliphatic rings. The lowest BCUT2D eigenvalue weighted by atomic mass is 10.2. The zero-order chi connectivity index (χ0) is 13.8. The number of benzene rings is 1. The minimum atomic E-state index is -0.406. The van der Waals surface area contributed by atoms with Crippen molar-refractivity contribution in [1.29, 1.82) is 0 Å². The van der Waals surface area contributed by atoms with Crippen LogP contribution in [0.4, 0.5) is 5.69 Å². The van der Waals surface area contributed by atoms with Crippen LogP contribution in [0.25, 0.3) is 0 Å². The summed E-state index contributed by atoms with van der Waals surface area (Å²) in [5.41, 5.74) is 0.530. The molecular formula is C12H9Cl2N3O2. The van der Waals surface area contributed by atoms with Crippen LogP contribution in [0.5, 0.6) is 5.75 Å². The summed E-state index contributed by atoms with van der Waals surface area (Å²) in [6.45, 7) is 0. The Bertz CT molecular complexity index is 599. The van der Waals surface area contributed by atoms with Gasteiger partial charge in [0.1, 0.15) is 17.8 Å². The van der Waals surface area contributed by atoms with Gasteiger partial charge in [-0.1, -0.05) is 35.3 Å². The molecule has 2 rings (SSSR count). The van der Waals surface area contributed by atoms with Crippen molar-refractivity contribution >= 4 is 34.8 Å². The second-order valence-electron chi connectivity index (χ2n) is 3.48. The van der Waals surface area contributed by atoms with Gasteiger partial charge in [0.25, 0.3) is 5.91 Å². The highest BCUT2D eigenvalue weighted by Gasteiger charge is 2.16. The number of amides is 1. The molecule has 1 aromatic carbocycles. The van der Waals surface area contributed by atoms with Crippen molar-refractivity contribution in [1.82, 2.24) is 9.97 Å². The van der Waals surface area contributed by atoms with Crippen molar-refractivity contribution in [3.8, 4) is 5.75 Å². The summed E-state index contributed by atoms with van der Waals surface area (Å²) in [5, 5.41) is 2.71. The van der Waals surface area contributed by atoms with E-state index in [-0.39, 0.29) is 16.0 Å². The van der Waals surface area contributed by atoms with E-state index in [9.17, 15) is 4.79 Å². The van der Waals surface area contributed by atoms with Crippen molar-refractivity contribution in [3.63, 3.8) is 0 Å². The molecule has 1 amide bonds. The molecule has 2 aromatic rings. The third-order valence-electron chi connectivity index (χ3n) is 2.34. The van der Waals surface area contributed by atoms with E-state index in [2.05, 4.69) is 15.3 Å². The molecule has 0 radical (unpaired) electrons. The summed E-state index contributed by atoms with van der Waals surface area (Å²) in [4.78, 5) is 19.6. The van der Waals surface area contributed by atoms with Crippen LogP contribution in [0.15, 0.2) is 30.6 Å². The van der Waals surface area contributed by atoms with E-state index in [0.29, 0.717) is 11.3 Å². The fraction of sp³-hybridized carbons (Fsp3) is 0.0833. The number of aromatic nitrogens is 2. The summed E-state index contributed by atoms with van der Waals surface area (Å²) in [7, 11) is 1.48. The Morgan fingerprint density at radius 2 is 1.84 bits per heavy atom.